The summed E-state index contributed by atoms with van der Waals surface area (Å²) in [6.07, 6.45) is 1.27. The molecule has 2 rings (SSSR count). The first-order valence-electron chi connectivity index (χ1n) is 5.75. The third-order valence-corrected chi connectivity index (χ3v) is 3.09. The molecule has 2 atom stereocenters. The summed E-state index contributed by atoms with van der Waals surface area (Å²) in [7, 11) is 0. The van der Waals surface area contributed by atoms with Gasteiger partial charge in [0.15, 0.2) is 0 Å². The van der Waals surface area contributed by atoms with E-state index in [4.69, 9.17) is 4.74 Å². The molecule has 0 spiro atoms. The first-order valence-corrected chi connectivity index (χ1v) is 5.75. The van der Waals surface area contributed by atoms with Crippen molar-refractivity contribution < 1.29 is 9.66 Å². The molecule has 0 bridgehead atoms. The molecule has 0 amide bonds. The van der Waals surface area contributed by atoms with Gasteiger partial charge in [0.2, 0.25) is 0 Å². The van der Waals surface area contributed by atoms with Crippen LogP contribution < -0.4 is 5.32 Å². The number of nitrogens with one attached hydrogen (secondary N) is 1. The van der Waals surface area contributed by atoms with Crippen LogP contribution in [-0.2, 0) is 11.3 Å². The zero-order chi connectivity index (χ0) is 12.3. The predicted molar refractivity (Wildman–Crippen MR) is 63.8 cm³/mol. The van der Waals surface area contributed by atoms with E-state index in [2.05, 4.69) is 12.2 Å². The van der Waals surface area contributed by atoms with Gasteiger partial charge in [0.25, 0.3) is 5.69 Å². The molecule has 2 unspecified atom stereocenters. The van der Waals surface area contributed by atoms with Gasteiger partial charge in [-0.15, -0.1) is 0 Å². The summed E-state index contributed by atoms with van der Waals surface area (Å²) in [5.41, 5.74) is 1.18. The third kappa shape index (κ3) is 3.01. The molecule has 1 fully saturated rings. The summed E-state index contributed by atoms with van der Waals surface area (Å²) in [4.78, 5) is 10.1. The molecule has 1 N–H and O–H groups in total. The number of rotatable bonds is 4. The SMILES string of the molecule is CC1OCCC1NCc1ccc([N+](=O)[O-])cc1. The molecular weight excluding hydrogens is 220 g/mol. The molecule has 1 aliphatic rings. The minimum atomic E-state index is -0.385. The van der Waals surface area contributed by atoms with Gasteiger partial charge in [-0.1, -0.05) is 12.1 Å². The second kappa shape index (κ2) is 5.25. The van der Waals surface area contributed by atoms with E-state index in [1.165, 1.54) is 12.1 Å². The maximum absolute atomic E-state index is 10.5. The third-order valence-electron chi connectivity index (χ3n) is 3.09. The average molecular weight is 236 g/mol. The fourth-order valence-corrected chi connectivity index (χ4v) is 1.98. The van der Waals surface area contributed by atoms with Gasteiger partial charge < -0.3 is 10.1 Å². The molecule has 17 heavy (non-hydrogen) atoms. The minimum Gasteiger partial charge on any atom is -0.377 e. The van der Waals surface area contributed by atoms with Crippen LogP contribution in [0.15, 0.2) is 24.3 Å². The highest BCUT2D eigenvalue weighted by Gasteiger charge is 2.23. The van der Waals surface area contributed by atoms with Crippen molar-refractivity contribution in [1.29, 1.82) is 0 Å². The van der Waals surface area contributed by atoms with Crippen LogP contribution in [0.2, 0.25) is 0 Å². The Kier molecular flexibility index (Phi) is 3.71. The maximum Gasteiger partial charge on any atom is 0.269 e. The van der Waals surface area contributed by atoms with Crippen LogP contribution in [0.1, 0.15) is 18.9 Å². The van der Waals surface area contributed by atoms with Crippen LogP contribution in [0.25, 0.3) is 0 Å². The van der Waals surface area contributed by atoms with Crippen LogP contribution >= 0.6 is 0 Å². The maximum atomic E-state index is 10.5. The molecule has 0 aromatic heterocycles. The number of benzene rings is 1. The Bertz CT molecular complexity index is 391. The summed E-state index contributed by atoms with van der Waals surface area (Å²) in [6.45, 7) is 3.58. The first-order chi connectivity index (χ1) is 8.16. The van der Waals surface area contributed by atoms with Gasteiger partial charge in [0, 0.05) is 31.3 Å². The van der Waals surface area contributed by atoms with E-state index in [1.54, 1.807) is 12.1 Å². The second-order valence-electron chi connectivity index (χ2n) is 4.28. The highest BCUT2D eigenvalue weighted by Crippen LogP contribution is 2.15. The molecule has 5 nitrogen and oxygen atoms in total. The fraction of sp³-hybridized carbons (Fsp3) is 0.500. The predicted octanol–water partition coefficient (Wildman–Crippen LogP) is 1.86. The van der Waals surface area contributed by atoms with Crippen molar-refractivity contribution in [3.8, 4) is 0 Å². The largest absolute Gasteiger partial charge is 0.377 e. The zero-order valence-corrected chi connectivity index (χ0v) is 9.76. The number of hydrogen-bond donors (Lipinski definition) is 1. The molecule has 1 aliphatic heterocycles. The highest BCUT2D eigenvalue weighted by molar-refractivity contribution is 5.32. The Labute approximate surface area is 99.9 Å². The summed E-state index contributed by atoms with van der Waals surface area (Å²) in [6, 6.07) is 7.01. The molecule has 5 heteroatoms. The van der Waals surface area contributed by atoms with E-state index in [9.17, 15) is 10.1 Å². The monoisotopic (exact) mass is 236 g/mol. The van der Waals surface area contributed by atoms with Gasteiger partial charge in [-0.05, 0) is 18.9 Å². The molecule has 1 aromatic carbocycles. The van der Waals surface area contributed by atoms with Crippen LogP contribution in [0.5, 0.6) is 0 Å². The van der Waals surface area contributed by atoms with Gasteiger partial charge in [0.1, 0.15) is 0 Å². The number of ether oxygens (including phenoxy) is 1. The first kappa shape index (κ1) is 12.0. The topological polar surface area (TPSA) is 64.4 Å². The van der Waals surface area contributed by atoms with Crippen molar-refractivity contribution in [3.63, 3.8) is 0 Å². The van der Waals surface area contributed by atoms with Crippen molar-refractivity contribution >= 4 is 5.69 Å². The van der Waals surface area contributed by atoms with Gasteiger partial charge in [-0.2, -0.15) is 0 Å². The summed E-state index contributed by atoms with van der Waals surface area (Å²) >= 11 is 0. The Morgan fingerprint density at radius 2 is 2.18 bits per heavy atom. The molecule has 1 saturated heterocycles. The number of non-ortho nitro benzene ring substituents is 1. The highest BCUT2D eigenvalue weighted by atomic mass is 16.6. The number of hydrogen-bond acceptors (Lipinski definition) is 4. The molecule has 0 radical (unpaired) electrons. The van der Waals surface area contributed by atoms with Crippen molar-refractivity contribution in [2.45, 2.75) is 32.0 Å². The average Bonchev–Trinajstić information content (AvgIpc) is 2.73. The number of nitrogens with zero attached hydrogens (tertiary/aromatic N) is 1. The molecule has 1 aromatic rings. The molecule has 92 valence electrons. The number of nitro benzene ring substituents is 1. The quantitative estimate of drug-likeness (QED) is 0.640. The Balaban J connectivity index is 1.88. The molecular formula is C12H16N2O3. The van der Waals surface area contributed by atoms with Crippen LogP contribution in [-0.4, -0.2) is 23.7 Å². The van der Waals surface area contributed by atoms with E-state index in [1.807, 2.05) is 0 Å². The Morgan fingerprint density at radius 3 is 2.71 bits per heavy atom. The van der Waals surface area contributed by atoms with E-state index in [0.717, 1.165) is 25.1 Å². The number of nitro groups is 1. The summed E-state index contributed by atoms with van der Waals surface area (Å²) in [5.74, 6) is 0. The Morgan fingerprint density at radius 1 is 1.47 bits per heavy atom. The lowest BCUT2D eigenvalue weighted by atomic mass is 10.1. The lowest BCUT2D eigenvalue weighted by molar-refractivity contribution is -0.384. The van der Waals surface area contributed by atoms with E-state index < -0.39 is 0 Å². The molecule has 0 saturated carbocycles. The summed E-state index contributed by atoms with van der Waals surface area (Å²) < 4.78 is 5.45. The molecule has 1 heterocycles. The lowest BCUT2D eigenvalue weighted by Gasteiger charge is -2.15. The standard InChI is InChI=1S/C12H16N2O3/c1-9-12(6-7-17-9)13-8-10-2-4-11(5-3-10)14(15)16/h2-5,9,12-13H,6-8H2,1H3. The lowest BCUT2D eigenvalue weighted by Crippen LogP contribution is -2.34. The van der Waals surface area contributed by atoms with Gasteiger partial charge in [0.05, 0.1) is 11.0 Å². The van der Waals surface area contributed by atoms with Crippen molar-refractivity contribution in [1.82, 2.24) is 5.32 Å². The van der Waals surface area contributed by atoms with E-state index in [0.29, 0.717) is 6.04 Å². The molecule has 0 aliphatic carbocycles. The Hall–Kier alpha value is -1.46. The fourth-order valence-electron chi connectivity index (χ4n) is 1.98. The minimum absolute atomic E-state index is 0.131. The zero-order valence-electron chi connectivity index (χ0n) is 9.76. The van der Waals surface area contributed by atoms with Gasteiger partial charge in [-0.3, -0.25) is 10.1 Å². The van der Waals surface area contributed by atoms with Crippen LogP contribution in [0, 0.1) is 10.1 Å². The van der Waals surface area contributed by atoms with Crippen molar-refractivity contribution in [2.75, 3.05) is 6.61 Å². The van der Waals surface area contributed by atoms with Crippen molar-refractivity contribution in [3.05, 3.63) is 39.9 Å². The smallest absolute Gasteiger partial charge is 0.269 e. The second-order valence-corrected chi connectivity index (χ2v) is 4.28. The van der Waals surface area contributed by atoms with Crippen molar-refractivity contribution in [2.24, 2.45) is 0 Å². The normalized spacial score (nSPS) is 23.8. The van der Waals surface area contributed by atoms with E-state index >= 15 is 0 Å². The van der Waals surface area contributed by atoms with E-state index in [-0.39, 0.29) is 16.7 Å². The van der Waals surface area contributed by atoms with Gasteiger partial charge >= 0.3 is 0 Å². The van der Waals surface area contributed by atoms with Crippen LogP contribution in [0.3, 0.4) is 0 Å². The summed E-state index contributed by atoms with van der Waals surface area (Å²) in [5, 5.41) is 13.9. The van der Waals surface area contributed by atoms with Gasteiger partial charge in [-0.25, -0.2) is 0 Å². The van der Waals surface area contributed by atoms with Crippen LogP contribution in [0.4, 0.5) is 5.69 Å².